The first-order chi connectivity index (χ1) is 45.7. The van der Waals surface area contributed by atoms with Crippen LogP contribution in [0, 0.1) is 0 Å². The fourth-order valence-electron chi connectivity index (χ4n) is 9.30. The van der Waals surface area contributed by atoms with Crippen LogP contribution in [-0.2, 0) is 65.4 Å². The van der Waals surface area contributed by atoms with E-state index in [9.17, 15) is 43.2 Å². The Balaban J connectivity index is 5.40. The third kappa shape index (κ3) is 66.3. The van der Waals surface area contributed by atoms with Crippen LogP contribution >= 0.6 is 15.6 Å². The fourth-order valence-corrected chi connectivity index (χ4v) is 10.9. The van der Waals surface area contributed by atoms with Gasteiger partial charge in [0, 0.05) is 19.3 Å². The van der Waals surface area contributed by atoms with E-state index in [1.54, 1.807) is 6.08 Å². The normalized spacial score (nSPS) is 14.7. The van der Waals surface area contributed by atoms with Crippen molar-refractivity contribution in [2.24, 2.45) is 0 Å². The van der Waals surface area contributed by atoms with Gasteiger partial charge >= 0.3 is 39.5 Å². The molecule has 0 aromatic heterocycles. The van der Waals surface area contributed by atoms with Crippen molar-refractivity contribution in [3.8, 4) is 0 Å². The Bertz CT molecular complexity index is 2220. The van der Waals surface area contributed by atoms with Gasteiger partial charge in [-0.05, 0) is 109 Å². The van der Waals surface area contributed by atoms with Crippen LogP contribution in [-0.4, -0.2) is 96.7 Å². The van der Waals surface area contributed by atoms with E-state index in [-0.39, 0.29) is 25.7 Å². The van der Waals surface area contributed by atoms with Crippen molar-refractivity contribution in [1.82, 2.24) is 0 Å². The van der Waals surface area contributed by atoms with Crippen molar-refractivity contribution >= 4 is 39.5 Å². The van der Waals surface area contributed by atoms with Gasteiger partial charge in [0.25, 0.3) is 0 Å². The van der Waals surface area contributed by atoms with Crippen LogP contribution in [0.4, 0.5) is 0 Å². The first-order valence-electron chi connectivity index (χ1n) is 36.1. The molecule has 0 aliphatic heterocycles. The van der Waals surface area contributed by atoms with Gasteiger partial charge in [-0.25, -0.2) is 9.13 Å². The minimum absolute atomic E-state index is 0.0646. The molecule has 3 N–H and O–H groups in total. The number of hydrogen-bond donors (Lipinski definition) is 3. The molecule has 0 radical (unpaired) electrons. The number of phosphoric ester groups is 2. The summed E-state index contributed by atoms with van der Waals surface area (Å²) in [6.07, 6.45) is 69.9. The van der Waals surface area contributed by atoms with Gasteiger partial charge in [0.15, 0.2) is 12.2 Å². The van der Waals surface area contributed by atoms with Crippen molar-refractivity contribution in [2.75, 3.05) is 39.6 Å². The molecule has 5 unspecified atom stereocenters. The summed E-state index contributed by atoms with van der Waals surface area (Å²) in [5, 5.41) is 10.6. The van der Waals surface area contributed by atoms with Gasteiger partial charge in [0.05, 0.1) is 32.8 Å². The Morgan fingerprint density at radius 3 is 0.968 bits per heavy atom. The molecule has 0 rings (SSSR count). The highest BCUT2D eigenvalue weighted by Crippen LogP contribution is 2.45. The van der Waals surface area contributed by atoms with Crippen LogP contribution in [0.15, 0.2) is 109 Å². The van der Waals surface area contributed by atoms with Crippen molar-refractivity contribution in [3.63, 3.8) is 0 Å². The van der Waals surface area contributed by atoms with Crippen LogP contribution in [0.25, 0.3) is 0 Å². The number of carbonyl (C=O) groups is 4. The lowest BCUT2D eigenvalue weighted by atomic mass is 10.1. The number of carbonyl (C=O) groups excluding carboxylic acids is 4. The number of unbranched alkanes of at least 4 members (excludes halogenated alkanes) is 24. The SMILES string of the molecule is CC/C=C\C/C=C\C/C=C\C/C=C\C/C=C\CC(=O)OCC(COP(=O)(O)OCC(O)COP(=O)(O)OCC(COC(=O)CCCCCCC/C=C\C/C=C\C/C=C\CC)OC(=O)CCCCCCCCCCCCC)OC(=O)CCCCCCC/C=C\CCCCCC. The smallest absolute Gasteiger partial charge is 0.462 e. The molecular formula is C75H128O17P2. The molecule has 0 aliphatic rings. The summed E-state index contributed by atoms with van der Waals surface area (Å²) in [6, 6.07) is 0. The lowest BCUT2D eigenvalue weighted by molar-refractivity contribution is -0.161. The van der Waals surface area contributed by atoms with Gasteiger partial charge < -0.3 is 33.8 Å². The topological polar surface area (TPSA) is 237 Å². The van der Waals surface area contributed by atoms with Crippen LogP contribution in [0.5, 0.6) is 0 Å². The Labute approximate surface area is 569 Å². The maximum atomic E-state index is 13.0. The lowest BCUT2D eigenvalue weighted by Crippen LogP contribution is -2.30. The van der Waals surface area contributed by atoms with Crippen LogP contribution < -0.4 is 0 Å². The molecule has 0 aromatic carbocycles. The first kappa shape index (κ1) is 89.7. The largest absolute Gasteiger partial charge is 0.472 e. The number of aliphatic hydroxyl groups is 1. The second-order valence-electron chi connectivity index (χ2n) is 23.8. The summed E-state index contributed by atoms with van der Waals surface area (Å²) in [5.41, 5.74) is 0. The predicted molar refractivity (Wildman–Crippen MR) is 381 cm³/mol. The second kappa shape index (κ2) is 67.3. The Morgan fingerprint density at radius 2 is 0.596 bits per heavy atom. The molecule has 0 spiro atoms. The van der Waals surface area contributed by atoms with Crippen molar-refractivity contribution < 1.29 is 80.2 Å². The van der Waals surface area contributed by atoms with Gasteiger partial charge in [-0.1, -0.05) is 259 Å². The number of ether oxygens (including phenoxy) is 4. The van der Waals surface area contributed by atoms with Crippen LogP contribution in [0.3, 0.4) is 0 Å². The molecule has 0 aromatic rings. The number of phosphoric acid groups is 2. The number of rotatable bonds is 67. The van der Waals surface area contributed by atoms with E-state index < -0.39 is 97.5 Å². The summed E-state index contributed by atoms with van der Waals surface area (Å²) < 4.78 is 68.1. The van der Waals surface area contributed by atoms with Gasteiger partial charge in [0.1, 0.15) is 19.3 Å². The Kier molecular flexibility index (Phi) is 64.2. The van der Waals surface area contributed by atoms with Gasteiger partial charge in [-0.2, -0.15) is 0 Å². The molecule has 17 nitrogen and oxygen atoms in total. The predicted octanol–water partition coefficient (Wildman–Crippen LogP) is 20.2. The van der Waals surface area contributed by atoms with Crippen LogP contribution in [0.2, 0.25) is 0 Å². The highest BCUT2D eigenvalue weighted by molar-refractivity contribution is 7.47. The van der Waals surface area contributed by atoms with E-state index in [2.05, 4.69) is 113 Å². The molecule has 0 bridgehead atoms. The molecule has 540 valence electrons. The molecule has 5 atom stereocenters. The van der Waals surface area contributed by atoms with E-state index in [1.807, 2.05) is 18.2 Å². The maximum absolute atomic E-state index is 13.0. The molecule has 0 saturated heterocycles. The Hall–Kier alpha value is -4.28. The van der Waals surface area contributed by atoms with Crippen molar-refractivity contribution in [1.29, 1.82) is 0 Å². The zero-order chi connectivity index (χ0) is 69.0. The fraction of sp³-hybridized carbons (Fsp3) is 0.707. The molecule has 0 amide bonds. The quantitative estimate of drug-likeness (QED) is 0.0169. The highest BCUT2D eigenvalue weighted by atomic mass is 31.2. The molecule has 0 heterocycles. The minimum Gasteiger partial charge on any atom is -0.462 e. The van der Waals surface area contributed by atoms with Gasteiger partial charge in [0.2, 0.25) is 0 Å². The standard InChI is InChI=1S/C75H128O17P2/c1-5-9-13-17-21-25-29-32-34-37-40-43-47-51-55-59-72(77)85-65-70(91-74(79)61-57-53-49-45-39-28-24-20-16-12-8-4)67-89-93(81,82)87-63-69(76)64-88-94(83,84)90-68-71(92-75(80)62-58-54-50-46-42-36-31-27-23-19-15-11-7-3)66-86-73(78)60-56-52-48-44-41-38-35-33-30-26-22-18-14-10-6-2/h9-10,13-14,21-22,25-27,31-35,41,44,52,56,69-71,76H,5-8,11-12,15-20,23-24,28-30,36-40,42-43,45-51,53-55,57-68H2,1-4H3,(H,81,82)(H,83,84)/b13-9-,14-10-,25-21-,26-22-,31-27-,34-32-,35-33-,44-41-,56-52-. The first-order valence-corrected chi connectivity index (χ1v) is 39.1. The average Bonchev–Trinajstić information content (AvgIpc) is 1.55. The summed E-state index contributed by atoms with van der Waals surface area (Å²) in [4.78, 5) is 72.6. The lowest BCUT2D eigenvalue weighted by Gasteiger charge is -2.21. The number of esters is 4. The van der Waals surface area contributed by atoms with E-state index in [0.29, 0.717) is 25.7 Å². The van der Waals surface area contributed by atoms with E-state index in [4.69, 9.17) is 37.0 Å². The maximum Gasteiger partial charge on any atom is 0.472 e. The van der Waals surface area contributed by atoms with E-state index in [0.717, 1.165) is 141 Å². The van der Waals surface area contributed by atoms with Crippen molar-refractivity contribution in [3.05, 3.63) is 109 Å². The molecule has 19 heteroatoms. The Morgan fingerprint density at radius 1 is 0.319 bits per heavy atom. The molecule has 0 aliphatic carbocycles. The van der Waals surface area contributed by atoms with E-state index >= 15 is 0 Å². The summed E-state index contributed by atoms with van der Waals surface area (Å²) in [7, 11) is -9.97. The van der Waals surface area contributed by atoms with E-state index in [1.165, 1.54) is 64.2 Å². The van der Waals surface area contributed by atoms with Gasteiger partial charge in [-0.3, -0.25) is 37.3 Å². The summed E-state index contributed by atoms with van der Waals surface area (Å²) in [6.45, 7) is 4.47. The minimum atomic E-state index is -4.99. The number of allylic oxidation sites excluding steroid dienone is 17. The molecular weight excluding hydrogens is 1230 g/mol. The summed E-state index contributed by atoms with van der Waals surface area (Å²) in [5.74, 6) is -2.35. The monoisotopic (exact) mass is 1360 g/mol. The van der Waals surface area contributed by atoms with Gasteiger partial charge in [-0.15, -0.1) is 0 Å². The third-order valence-electron chi connectivity index (χ3n) is 14.8. The average molecular weight is 1360 g/mol. The summed E-state index contributed by atoms with van der Waals surface area (Å²) >= 11 is 0. The zero-order valence-corrected chi connectivity index (χ0v) is 60.4. The highest BCUT2D eigenvalue weighted by Gasteiger charge is 2.30. The molecule has 0 fully saturated rings. The zero-order valence-electron chi connectivity index (χ0n) is 58.6. The number of hydrogen-bond acceptors (Lipinski definition) is 15. The van der Waals surface area contributed by atoms with Crippen LogP contribution in [0.1, 0.15) is 285 Å². The number of aliphatic hydroxyl groups excluding tert-OH is 1. The molecule has 0 saturated carbocycles. The van der Waals surface area contributed by atoms with Crippen molar-refractivity contribution in [2.45, 2.75) is 303 Å². The third-order valence-corrected chi connectivity index (χ3v) is 16.7. The molecule has 94 heavy (non-hydrogen) atoms. The second-order valence-corrected chi connectivity index (χ2v) is 26.7.